The van der Waals surface area contributed by atoms with Crippen molar-refractivity contribution in [1.29, 1.82) is 0 Å². The van der Waals surface area contributed by atoms with E-state index < -0.39 is 5.91 Å². The Labute approximate surface area is 140 Å². The summed E-state index contributed by atoms with van der Waals surface area (Å²) >= 11 is 2.94. The number of benzene rings is 1. The minimum absolute atomic E-state index is 0.280. The third kappa shape index (κ3) is 2.60. The fourth-order valence-corrected chi connectivity index (χ4v) is 5.22. The number of thiophene rings is 1. The van der Waals surface area contributed by atoms with Crippen molar-refractivity contribution in [2.75, 3.05) is 5.32 Å². The molecule has 0 bridgehead atoms. The minimum Gasteiger partial charge on any atom is -0.365 e. The number of fused-ring (bicyclic) bond motifs is 2. The minimum atomic E-state index is -0.404. The average Bonchev–Trinajstić information content (AvgIpc) is 3.06. The van der Waals surface area contributed by atoms with Gasteiger partial charge in [0.25, 0.3) is 5.91 Å². The molecule has 3 aromatic rings. The monoisotopic (exact) mass is 347 g/mol. The number of rotatable bonds is 3. The molecule has 2 heterocycles. The Morgan fingerprint density at radius 3 is 2.91 bits per heavy atom. The van der Waals surface area contributed by atoms with E-state index in [-0.39, 0.29) is 5.82 Å². The quantitative estimate of drug-likeness (QED) is 0.745. The lowest BCUT2D eigenvalue weighted by Gasteiger charge is -2.11. The number of thiazole rings is 1. The molecule has 23 heavy (non-hydrogen) atoms. The Balaban J connectivity index is 1.75. The van der Waals surface area contributed by atoms with Gasteiger partial charge in [-0.1, -0.05) is 11.3 Å². The van der Waals surface area contributed by atoms with Gasteiger partial charge in [-0.25, -0.2) is 9.37 Å². The van der Waals surface area contributed by atoms with E-state index in [9.17, 15) is 9.18 Å². The van der Waals surface area contributed by atoms with Crippen LogP contribution in [-0.2, 0) is 12.8 Å². The van der Waals surface area contributed by atoms with E-state index in [1.54, 1.807) is 17.4 Å². The van der Waals surface area contributed by atoms with Crippen molar-refractivity contribution in [1.82, 2.24) is 4.98 Å². The zero-order valence-electron chi connectivity index (χ0n) is 12.2. The van der Waals surface area contributed by atoms with Gasteiger partial charge < -0.3 is 11.1 Å². The molecule has 0 saturated heterocycles. The van der Waals surface area contributed by atoms with Gasteiger partial charge in [0.15, 0.2) is 5.13 Å². The molecule has 1 aliphatic rings. The number of nitrogens with zero attached hydrogens (tertiary/aromatic N) is 1. The first-order valence-electron chi connectivity index (χ1n) is 7.39. The first kappa shape index (κ1) is 14.6. The zero-order valence-corrected chi connectivity index (χ0v) is 13.8. The van der Waals surface area contributed by atoms with Gasteiger partial charge in [0, 0.05) is 4.88 Å². The van der Waals surface area contributed by atoms with Crippen LogP contribution in [0.1, 0.15) is 33.6 Å². The second-order valence-corrected chi connectivity index (χ2v) is 7.67. The van der Waals surface area contributed by atoms with Gasteiger partial charge in [-0.05, 0) is 49.4 Å². The van der Waals surface area contributed by atoms with Crippen molar-refractivity contribution in [3.63, 3.8) is 0 Å². The standard InChI is InChI=1S/C16H14FN3OS2/c17-8-5-6-10-12(7-8)23-16(19-10)20-15-13(14(18)21)9-3-1-2-4-11(9)22-15/h5-7H,1-4H2,(H2,18,21)(H,19,20). The normalized spacial score (nSPS) is 14.0. The largest absolute Gasteiger partial charge is 0.365 e. The van der Waals surface area contributed by atoms with E-state index in [1.807, 2.05) is 0 Å². The average molecular weight is 347 g/mol. The number of primary amides is 1. The van der Waals surface area contributed by atoms with Gasteiger partial charge >= 0.3 is 0 Å². The van der Waals surface area contributed by atoms with Crippen molar-refractivity contribution in [3.05, 3.63) is 40.0 Å². The van der Waals surface area contributed by atoms with Crippen LogP contribution in [0, 0.1) is 5.82 Å². The van der Waals surface area contributed by atoms with Crippen LogP contribution in [0.4, 0.5) is 14.5 Å². The number of aryl methyl sites for hydroxylation is 1. The van der Waals surface area contributed by atoms with Gasteiger partial charge in [0.05, 0.1) is 15.8 Å². The van der Waals surface area contributed by atoms with Crippen LogP contribution in [0.2, 0.25) is 0 Å². The first-order valence-corrected chi connectivity index (χ1v) is 9.02. The van der Waals surface area contributed by atoms with Crippen molar-refractivity contribution in [3.8, 4) is 0 Å². The predicted octanol–water partition coefficient (Wildman–Crippen LogP) is 4.22. The van der Waals surface area contributed by atoms with E-state index in [0.29, 0.717) is 10.7 Å². The summed E-state index contributed by atoms with van der Waals surface area (Å²) in [6.45, 7) is 0. The summed E-state index contributed by atoms with van der Waals surface area (Å²) in [6.07, 6.45) is 4.12. The SMILES string of the molecule is NC(=O)c1c(Nc2nc3ccc(F)cc3s2)sc2c1CCCC2. The Morgan fingerprint density at radius 1 is 1.26 bits per heavy atom. The number of hydrogen-bond donors (Lipinski definition) is 2. The van der Waals surface area contributed by atoms with Crippen LogP contribution < -0.4 is 11.1 Å². The summed E-state index contributed by atoms with van der Waals surface area (Å²) in [7, 11) is 0. The Kier molecular flexibility index (Phi) is 3.54. The lowest BCUT2D eigenvalue weighted by atomic mass is 9.95. The van der Waals surface area contributed by atoms with E-state index in [4.69, 9.17) is 5.73 Å². The molecule has 0 atom stereocenters. The third-order valence-electron chi connectivity index (χ3n) is 3.99. The highest BCUT2D eigenvalue weighted by Crippen LogP contribution is 2.40. The highest BCUT2D eigenvalue weighted by molar-refractivity contribution is 7.23. The number of anilines is 2. The van der Waals surface area contributed by atoms with Crippen molar-refractivity contribution >= 4 is 48.9 Å². The van der Waals surface area contributed by atoms with Crippen LogP contribution >= 0.6 is 22.7 Å². The predicted molar refractivity (Wildman–Crippen MR) is 92.3 cm³/mol. The second-order valence-electron chi connectivity index (χ2n) is 5.54. The number of carbonyl (C=O) groups is 1. The summed E-state index contributed by atoms with van der Waals surface area (Å²) in [5.41, 5.74) is 8.01. The summed E-state index contributed by atoms with van der Waals surface area (Å²) in [6, 6.07) is 4.51. The smallest absolute Gasteiger partial charge is 0.251 e. The molecule has 1 amide bonds. The molecule has 1 aliphatic carbocycles. The van der Waals surface area contributed by atoms with Crippen molar-refractivity contribution in [2.45, 2.75) is 25.7 Å². The summed E-state index contributed by atoms with van der Waals surface area (Å²) in [4.78, 5) is 17.6. The third-order valence-corrected chi connectivity index (χ3v) is 6.13. The van der Waals surface area contributed by atoms with E-state index >= 15 is 0 Å². The van der Waals surface area contributed by atoms with Crippen LogP contribution in [0.15, 0.2) is 18.2 Å². The number of aromatic nitrogens is 1. The molecule has 3 N–H and O–H groups in total. The van der Waals surface area contributed by atoms with Gasteiger partial charge in [0.1, 0.15) is 10.8 Å². The molecule has 7 heteroatoms. The number of nitrogens with two attached hydrogens (primary N) is 1. The van der Waals surface area contributed by atoms with Gasteiger partial charge in [-0.15, -0.1) is 11.3 Å². The van der Waals surface area contributed by atoms with E-state index in [2.05, 4.69) is 10.3 Å². The maximum atomic E-state index is 13.3. The fourth-order valence-electron chi connectivity index (χ4n) is 2.96. The lowest BCUT2D eigenvalue weighted by Crippen LogP contribution is -2.15. The molecule has 0 saturated carbocycles. The number of amides is 1. The summed E-state index contributed by atoms with van der Waals surface area (Å²) in [5.74, 6) is -0.684. The van der Waals surface area contributed by atoms with Crippen LogP contribution in [0.3, 0.4) is 0 Å². The number of nitrogens with one attached hydrogen (secondary N) is 1. The molecule has 118 valence electrons. The summed E-state index contributed by atoms with van der Waals surface area (Å²) < 4.78 is 14.1. The van der Waals surface area contributed by atoms with Gasteiger partial charge in [-0.3, -0.25) is 4.79 Å². The molecule has 0 spiro atoms. The molecule has 1 aromatic carbocycles. The van der Waals surface area contributed by atoms with Crippen molar-refractivity contribution < 1.29 is 9.18 Å². The Morgan fingerprint density at radius 2 is 2.09 bits per heavy atom. The highest BCUT2D eigenvalue weighted by atomic mass is 32.1. The van der Waals surface area contributed by atoms with E-state index in [0.717, 1.165) is 46.5 Å². The maximum absolute atomic E-state index is 13.3. The highest BCUT2D eigenvalue weighted by Gasteiger charge is 2.24. The molecule has 0 aliphatic heterocycles. The summed E-state index contributed by atoms with van der Waals surface area (Å²) in [5, 5.41) is 4.62. The van der Waals surface area contributed by atoms with Gasteiger partial charge in [0.2, 0.25) is 0 Å². The molecule has 2 aromatic heterocycles. The molecule has 0 fully saturated rings. The van der Waals surface area contributed by atoms with Gasteiger partial charge in [-0.2, -0.15) is 0 Å². The molecule has 0 unspecified atom stereocenters. The van der Waals surface area contributed by atoms with Crippen molar-refractivity contribution in [2.24, 2.45) is 5.73 Å². The topological polar surface area (TPSA) is 68.0 Å². The molecule has 0 radical (unpaired) electrons. The van der Waals surface area contributed by atoms with Crippen LogP contribution in [-0.4, -0.2) is 10.9 Å². The first-order chi connectivity index (χ1) is 11.1. The maximum Gasteiger partial charge on any atom is 0.251 e. The Hall–Kier alpha value is -1.99. The fraction of sp³-hybridized carbons (Fsp3) is 0.250. The molecule has 4 rings (SSSR count). The molecular formula is C16H14FN3OS2. The molecular weight excluding hydrogens is 333 g/mol. The zero-order chi connectivity index (χ0) is 16.0. The second kappa shape index (κ2) is 5.58. The number of halogens is 1. The lowest BCUT2D eigenvalue weighted by molar-refractivity contribution is 0.100. The Bertz CT molecular complexity index is 916. The van der Waals surface area contributed by atoms with Crippen LogP contribution in [0.5, 0.6) is 0 Å². The molecule has 4 nitrogen and oxygen atoms in total. The van der Waals surface area contributed by atoms with Crippen LogP contribution in [0.25, 0.3) is 10.2 Å². The van der Waals surface area contributed by atoms with E-state index in [1.165, 1.54) is 28.3 Å². The number of carbonyl (C=O) groups excluding carboxylic acids is 1. The number of hydrogen-bond acceptors (Lipinski definition) is 5.